The molecule has 0 spiro atoms. The van der Waals surface area contributed by atoms with Gasteiger partial charge < -0.3 is 5.32 Å². The summed E-state index contributed by atoms with van der Waals surface area (Å²) in [6, 6.07) is 7.67. The van der Waals surface area contributed by atoms with Crippen LogP contribution in [0, 0.1) is 0 Å². The zero-order chi connectivity index (χ0) is 10.8. The Labute approximate surface area is 98.9 Å². The fraction of sp³-hybridized carbons (Fsp3) is 0.111. The monoisotopic (exact) mass is 285 g/mol. The number of hydrogen-bond acceptors (Lipinski definition) is 4. The summed E-state index contributed by atoms with van der Waals surface area (Å²) < 4.78 is 2.49. The maximum absolute atomic E-state index is 11.1. The van der Waals surface area contributed by atoms with Gasteiger partial charge in [-0.15, -0.1) is 0 Å². The Morgan fingerprint density at radius 1 is 1.40 bits per heavy atom. The van der Waals surface area contributed by atoms with E-state index in [9.17, 15) is 4.79 Å². The quantitative estimate of drug-likeness (QED) is 0.921. The lowest BCUT2D eigenvalue weighted by Gasteiger charge is -2.00. The van der Waals surface area contributed by atoms with E-state index in [4.69, 9.17) is 0 Å². The predicted octanol–water partition coefficient (Wildman–Crippen LogP) is 2.35. The van der Waals surface area contributed by atoms with Gasteiger partial charge in [0.05, 0.1) is 0 Å². The third kappa shape index (κ3) is 2.45. The molecule has 0 unspecified atom stereocenters. The summed E-state index contributed by atoms with van der Waals surface area (Å²) in [5.41, 5.74) is 0.673. The van der Waals surface area contributed by atoms with E-state index in [2.05, 4.69) is 26.2 Å². The largest absolute Gasteiger partial charge is 0.359 e. The van der Waals surface area contributed by atoms with Gasteiger partial charge in [-0.1, -0.05) is 15.9 Å². The van der Waals surface area contributed by atoms with Gasteiger partial charge in [0, 0.05) is 17.2 Å². The predicted molar refractivity (Wildman–Crippen MR) is 64.8 cm³/mol. The van der Waals surface area contributed by atoms with Crippen LogP contribution in [0.4, 0.5) is 10.8 Å². The fourth-order valence-corrected chi connectivity index (χ4v) is 1.98. The molecule has 0 radical (unpaired) electrons. The van der Waals surface area contributed by atoms with Crippen molar-refractivity contribution in [2.75, 3.05) is 5.32 Å². The summed E-state index contributed by atoms with van der Waals surface area (Å²) in [7, 11) is 1.69. The molecule has 78 valence electrons. The number of hydrogen-bond donors (Lipinski definition) is 1. The van der Waals surface area contributed by atoms with Crippen molar-refractivity contribution in [3.8, 4) is 0 Å². The van der Waals surface area contributed by atoms with Crippen molar-refractivity contribution in [3.63, 3.8) is 0 Å². The third-order valence-electron chi connectivity index (χ3n) is 1.79. The van der Waals surface area contributed by atoms with Crippen LogP contribution in [-0.4, -0.2) is 8.94 Å². The van der Waals surface area contributed by atoms with Crippen LogP contribution in [0.25, 0.3) is 0 Å². The number of benzene rings is 1. The van der Waals surface area contributed by atoms with Crippen LogP contribution in [-0.2, 0) is 7.05 Å². The highest BCUT2D eigenvalue weighted by Crippen LogP contribution is 2.19. The number of aromatic nitrogens is 2. The van der Waals surface area contributed by atoms with Gasteiger partial charge in [0.15, 0.2) is 0 Å². The minimum Gasteiger partial charge on any atom is -0.330 e. The molecule has 0 aliphatic heterocycles. The fourth-order valence-electron chi connectivity index (χ4n) is 1.05. The van der Waals surface area contributed by atoms with Crippen LogP contribution in [0.1, 0.15) is 0 Å². The molecule has 1 heterocycles. The summed E-state index contributed by atoms with van der Waals surface area (Å²) in [5, 5.41) is 3.66. The van der Waals surface area contributed by atoms with Crippen LogP contribution in [0.3, 0.4) is 0 Å². The molecule has 0 saturated carbocycles. The van der Waals surface area contributed by atoms with Gasteiger partial charge in [-0.3, -0.25) is 0 Å². The first-order valence-electron chi connectivity index (χ1n) is 4.22. The van der Waals surface area contributed by atoms with Gasteiger partial charge in [0.2, 0.25) is 5.13 Å². The number of aryl methyl sites for hydroxylation is 1. The van der Waals surface area contributed by atoms with E-state index in [0.717, 1.165) is 10.2 Å². The van der Waals surface area contributed by atoms with Crippen molar-refractivity contribution < 1.29 is 0 Å². The molecule has 6 heteroatoms. The molecule has 0 amide bonds. The van der Waals surface area contributed by atoms with E-state index in [1.165, 1.54) is 15.5 Å². The average Bonchev–Trinajstić information content (AvgIpc) is 2.50. The van der Waals surface area contributed by atoms with Gasteiger partial charge in [-0.05, 0) is 35.8 Å². The van der Waals surface area contributed by atoms with Crippen molar-refractivity contribution in [3.05, 3.63) is 39.2 Å². The van der Waals surface area contributed by atoms with Crippen LogP contribution < -0.4 is 11.0 Å². The lowest BCUT2D eigenvalue weighted by atomic mass is 10.3. The molecule has 0 fully saturated rings. The molecular weight excluding hydrogens is 278 g/mol. The smallest absolute Gasteiger partial charge is 0.330 e. The van der Waals surface area contributed by atoms with Crippen LogP contribution in [0.5, 0.6) is 0 Å². The van der Waals surface area contributed by atoms with Crippen molar-refractivity contribution in [1.29, 1.82) is 0 Å². The van der Waals surface area contributed by atoms with Crippen molar-refractivity contribution in [2.45, 2.75) is 0 Å². The van der Waals surface area contributed by atoms with Crippen LogP contribution in [0.2, 0.25) is 0 Å². The average molecular weight is 286 g/mol. The minimum atomic E-state index is -0.236. The molecule has 0 aliphatic rings. The maximum atomic E-state index is 11.1. The Hall–Kier alpha value is -1.14. The molecule has 15 heavy (non-hydrogen) atoms. The molecule has 0 bridgehead atoms. The van der Waals surface area contributed by atoms with Gasteiger partial charge in [0.1, 0.15) is 0 Å². The SMILES string of the molecule is Cn1sc(Nc2ccc(Br)cc2)nc1=O. The van der Waals surface area contributed by atoms with E-state index < -0.39 is 0 Å². The van der Waals surface area contributed by atoms with Gasteiger partial charge in [-0.25, -0.2) is 8.75 Å². The van der Waals surface area contributed by atoms with Gasteiger partial charge in [0.25, 0.3) is 0 Å². The molecule has 0 aliphatic carbocycles. The van der Waals surface area contributed by atoms with E-state index >= 15 is 0 Å². The first kappa shape index (κ1) is 10.4. The summed E-state index contributed by atoms with van der Waals surface area (Å²) in [6.45, 7) is 0. The summed E-state index contributed by atoms with van der Waals surface area (Å²) >= 11 is 4.64. The molecule has 0 atom stereocenters. The van der Waals surface area contributed by atoms with E-state index in [1.807, 2.05) is 24.3 Å². The first-order valence-corrected chi connectivity index (χ1v) is 5.79. The number of nitrogens with one attached hydrogen (secondary N) is 1. The molecule has 1 aromatic carbocycles. The number of anilines is 2. The Morgan fingerprint density at radius 2 is 2.07 bits per heavy atom. The second-order valence-electron chi connectivity index (χ2n) is 2.92. The summed E-state index contributed by atoms with van der Waals surface area (Å²) in [6.07, 6.45) is 0. The topological polar surface area (TPSA) is 46.9 Å². The maximum Gasteiger partial charge on any atom is 0.359 e. The normalized spacial score (nSPS) is 10.3. The summed E-state index contributed by atoms with van der Waals surface area (Å²) in [5.74, 6) is 0. The van der Waals surface area contributed by atoms with Gasteiger partial charge in [-0.2, -0.15) is 4.98 Å². The molecule has 2 rings (SSSR count). The highest BCUT2D eigenvalue weighted by atomic mass is 79.9. The molecule has 0 saturated heterocycles. The Morgan fingerprint density at radius 3 is 2.60 bits per heavy atom. The van der Waals surface area contributed by atoms with Crippen LogP contribution in [0.15, 0.2) is 33.5 Å². The Kier molecular flexibility index (Phi) is 2.88. The number of nitrogens with zero attached hydrogens (tertiary/aromatic N) is 2. The lowest BCUT2D eigenvalue weighted by molar-refractivity contribution is 0.933. The second kappa shape index (κ2) is 4.16. The van der Waals surface area contributed by atoms with Crippen molar-refractivity contribution in [1.82, 2.24) is 8.94 Å². The van der Waals surface area contributed by atoms with Crippen molar-refractivity contribution >= 4 is 38.3 Å². The van der Waals surface area contributed by atoms with E-state index in [1.54, 1.807) is 7.05 Å². The molecule has 4 nitrogen and oxygen atoms in total. The standard InChI is InChI=1S/C9H8BrN3OS/c1-13-9(14)12-8(15-13)11-7-4-2-6(10)3-5-7/h2-5H,1H3,(H,11,12,14). The molecular formula is C9H8BrN3OS. The lowest BCUT2D eigenvalue weighted by Crippen LogP contribution is -2.10. The van der Waals surface area contributed by atoms with Crippen LogP contribution >= 0.6 is 27.5 Å². The molecule has 1 aromatic heterocycles. The Balaban J connectivity index is 2.22. The van der Waals surface area contributed by atoms with E-state index in [-0.39, 0.29) is 5.69 Å². The zero-order valence-corrected chi connectivity index (χ0v) is 10.3. The second-order valence-corrected chi connectivity index (χ2v) is 4.95. The molecule has 2 aromatic rings. The van der Waals surface area contributed by atoms with Crippen molar-refractivity contribution in [2.24, 2.45) is 7.05 Å². The first-order chi connectivity index (χ1) is 7.15. The minimum absolute atomic E-state index is 0.236. The molecule has 1 N–H and O–H groups in total. The number of halogens is 1. The Bertz CT molecular complexity index is 517. The van der Waals surface area contributed by atoms with E-state index in [0.29, 0.717) is 5.13 Å². The highest BCUT2D eigenvalue weighted by Gasteiger charge is 2.02. The third-order valence-corrected chi connectivity index (χ3v) is 3.11. The van der Waals surface area contributed by atoms with Gasteiger partial charge >= 0.3 is 5.69 Å². The number of rotatable bonds is 2. The zero-order valence-electron chi connectivity index (χ0n) is 7.90. The highest BCUT2D eigenvalue weighted by molar-refractivity contribution is 9.10. The summed E-state index contributed by atoms with van der Waals surface area (Å²) in [4.78, 5) is 14.9.